The van der Waals surface area contributed by atoms with Crippen LogP contribution in [0, 0.1) is 25.2 Å². The molecule has 162 valence electrons. The van der Waals surface area contributed by atoms with Gasteiger partial charge in [-0.3, -0.25) is 4.90 Å². The van der Waals surface area contributed by atoms with E-state index in [0.717, 1.165) is 42.9 Å². The van der Waals surface area contributed by atoms with Gasteiger partial charge in [0.15, 0.2) is 5.82 Å². The first kappa shape index (κ1) is 20.4. The van der Waals surface area contributed by atoms with Gasteiger partial charge in [0.2, 0.25) is 0 Å². The minimum absolute atomic E-state index is 0.202. The van der Waals surface area contributed by atoms with Crippen LogP contribution in [-0.4, -0.2) is 45.3 Å². The number of carbonyl (C=O) groups is 1. The monoisotopic (exact) mass is 428 g/mol. The first-order valence-corrected chi connectivity index (χ1v) is 10.7. The number of ether oxygens (including phenoxy) is 1. The zero-order valence-electron chi connectivity index (χ0n) is 18.1. The summed E-state index contributed by atoms with van der Waals surface area (Å²) in [5, 5.41) is 17.1. The standard InChI is InChI=1S/C24H24N6O2/c1-15-19(4-5-20-21(15)14-32-24(20)31)22-13-29(8-7-26-22)11-17-3-6-23(27-10-17)30-12-18(9-25)16(2)28-30/h3-6,10,12,22,26H,7-8,11,13-14H2,1-2H3/t22-/m0/s1. The van der Waals surface area contributed by atoms with Gasteiger partial charge >= 0.3 is 5.97 Å². The number of hydrogen-bond acceptors (Lipinski definition) is 7. The number of piperazine rings is 1. The van der Waals surface area contributed by atoms with Gasteiger partial charge in [0.25, 0.3) is 0 Å². The summed E-state index contributed by atoms with van der Waals surface area (Å²) in [6.07, 6.45) is 3.58. The fourth-order valence-corrected chi connectivity index (χ4v) is 4.50. The lowest BCUT2D eigenvalue weighted by Crippen LogP contribution is -2.45. The SMILES string of the molecule is Cc1nn(-c2ccc(CN3CCN[C@H](c4ccc5c(c4C)COC5=O)C3)cn2)cc1C#N. The molecule has 8 nitrogen and oxygen atoms in total. The fraction of sp³-hybridized carbons (Fsp3) is 0.333. The number of hydrogen-bond donors (Lipinski definition) is 1. The molecule has 8 heteroatoms. The number of nitriles is 1. The van der Waals surface area contributed by atoms with Crippen LogP contribution in [0.5, 0.6) is 0 Å². The summed E-state index contributed by atoms with van der Waals surface area (Å²) in [4.78, 5) is 18.8. The Hall–Kier alpha value is -3.54. The van der Waals surface area contributed by atoms with Gasteiger partial charge in [0.05, 0.1) is 23.0 Å². The minimum atomic E-state index is -0.224. The number of fused-ring (bicyclic) bond motifs is 1. The van der Waals surface area contributed by atoms with E-state index in [1.807, 2.05) is 25.3 Å². The second-order valence-corrected chi connectivity index (χ2v) is 8.33. The van der Waals surface area contributed by atoms with Gasteiger partial charge in [0.1, 0.15) is 12.7 Å². The first-order valence-electron chi connectivity index (χ1n) is 10.7. The number of pyridine rings is 1. The number of nitrogens with zero attached hydrogens (tertiary/aromatic N) is 5. The Morgan fingerprint density at radius 2 is 2.16 bits per heavy atom. The summed E-state index contributed by atoms with van der Waals surface area (Å²) in [7, 11) is 0. The summed E-state index contributed by atoms with van der Waals surface area (Å²) in [5.74, 6) is 0.472. The smallest absolute Gasteiger partial charge is 0.338 e. The largest absolute Gasteiger partial charge is 0.457 e. The van der Waals surface area contributed by atoms with Crippen molar-refractivity contribution in [1.82, 2.24) is 25.0 Å². The summed E-state index contributed by atoms with van der Waals surface area (Å²) >= 11 is 0. The van der Waals surface area contributed by atoms with Gasteiger partial charge in [-0.2, -0.15) is 10.4 Å². The van der Waals surface area contributed by atoms with E-state index in [1.54, 1.807) is 10.9 Å². The summed E-state index contributed by atoms with van der Waals surface area (Å²) in [5.41, 5.74) is 6.46. The predicted molar refractivity (Wildman–Crippen MR) is 117 cm³/mol. The number of rotatable bonds is 4. The van der Waals surface area contributed by atoms with Crippen LogP contribution in [0.1, 0.15) is 49.9 Å². The predicted octanol–water partition coefficient (Wildman–Crippen LogP) is 2.57. The summed E-state index contributed by atoms with van der Waals surface area (Å²) in [6, 6.07) is 10.3. The van der Waals surface area contributed by atoms with Gasteiger partial charge in [-0.15, -0.1) is 0 Å². The van der Waals surface area contributed by atoms with Crippen LogP contribution in [0.15, 0.2) is 36.7 Å². The molecule has 0 unspecified atom stereocenters. The highest BCUT2D eigenvalue weighted by atomic mass is 16.5. The molecule has 2 aromatic heterocycles. The zero-order valence-corrected chi connectivity index (χ0v) is 18.1. The van der Waals surface area contributed by atoms with Crippen LogP contribution in [0.2, 0.25) is 0 Å². The molecule has 2 aliphatic rings. The molecular weight excluding hydrogens is 404 g/mol. The Balaban J connectivity index is 1.29. The van der Waals surface area contributed by atoms with Crippen molar-refractivity contribution >= 4 is 5.97 Å². The van der Waals surface area contributed by atoms with Crippen molar-refractivity contribution in [2.45, 2.75) is 33.0 Å². The molecule has 5 rings (SSSR count). The molecule has 0 spiro atoms. The van der Waals surface area contributed by atoms with Crippen molar-refractivity contribution in [3.63, 3.8) is 0 Å². The molecule has 0 saturated carbocycles. The third-order valence-corrected chi connectivity index (χ3v) is 6.31. The molecule has 0 radical (unpaired) electrons. The molecule has 0 bridgehead atoms. The Bertz CT molecular complexity index is 1220. The quantitative estimate of drug-likeness (QED) is 0.638. The highest BCUT2D eigenvalue weighted by molar-refractivity contribution is 5.94. The first-order chi connectivity index (χ1) is 15.5. The van der Waals surface area contributed by atoms with Crippen molar-refractivity contribution in [2.24, 2.45) is 0 Å². The number of carbonyl (C=O) groups excluding carboxylic acids is 1. The number of nitrogens with one attached hydrogen (secondary N) is 1. The Labute approximate surface area is 186 Å². The van der Waals surface area contributed by atoms with E-state index < -0.39 is 0 Å². The second-order valence-electron chi connectivity index (χ2n) is 8.33. The average molecular weight is 428 g/mol. The highest BCUT2D eigenvalue weighted by Crippen LogP contribution is 2.30. The van der Waals surface area contributed by atoms with E-state index in [9.17, 15) is 4.79 Å². The molecule has 32 heavy (non-hydrogen) atoms. The molecule has 2 aliphatic heterocycles. The molecule has 1 aromatic carbocycles. The molecule has 1 saturated heterocycles. The summed E-state index contributed by atoms with van der Waals surface area (Å²) in [6.45, 7) is 7.79. The van der Waals surface area contributed by atoms with Crippen molar-refractivity contribution < 1.29 is 9.53 Å². The Morgan fingerprint density at radius 1 is 1.28 bits per heavy atom. The maximum atomic E-state index is 11.8. The molecule has 0 amide bonds. The van der Waals surface area contributed by atoms with Crippen LogP contribution < -0.4 is 5.32 Å². The molecule has 0 aliphatic carbocycles. The maximum Gasteiger partial charge on any atom is 0.338 e. The molecule has 1 atom stereocenters. The van der Waals surface area contributed by atoms with E-state index >= 15 is 0 Å². The van der Waals surface area contributed by atoms with Crippen molar-refractivity contribution in [3.05, 3.63) is 75.7 Å². The molecule has 1 N–H and O–H groups in total. The minimum Gasteiger partial charge on any atom is -0.457 e. The molecular formula is C24H24N6O2. The number of aryl methyl sites for hydroxylation is 1. The van der Waals surface area contributed by atoms with Gasteiger partial charge in [0, 0.05) is 44.0 Å². The van der Waals surface area contributed by atoms with E-state index in [2.05, 4.69) is 45.4 Å². The lowest BCUT2D eigenvalue weighted by Gasteiger charge is -2.34. The number of cyclic esters (lactones) is 1. The van der Waals surface area contributed by atoms with Gasteiger partial charge in [-0.05, 0) is 42.7 Å². The summed E-state index contributed by atoms with van der Waals surface area (Å²) < 4.78 is 6.85. The lowest BCUT2D eigenvalue weighted by atomic mass is 9.93. The Kier molecular flexibility index (Phi) is 5.21. The van der Waals surface area contributed by atoms with Crippen LogP contribution >= 0.6 is 0 Å². The van der Waals surface area contributed by atoms with E-state index in [1.165, 1.54) is 5.56 Å². The van der Waals surface area contributed by atoms with Crippen LogP contribution in [0.25, 0.3) is 5.82 Å². The van der Waals surface area contributed by atoms with Crippen LogP contribution in [-0.2, 0) is 17.9 Å². The van der Waals surface area contributed by atoms with E-state index in [-0.39, 0.29) is 12.0 Å². The molecule has 3 aromatic rings. The van der Waals surface area contributed by atoms with Gasteiger partial charge in [-0.1, -0.05) is 12.1 Å². The van der Waals surface area contributed by atoms with Crippen molar-refractivity contribution in [3.8, 4) is 11.9 Å². The van der Waals surface area contributed by atoms with Crippen LogP contribution in [0.4, 0.5) is 0 Å². The van der Waals surface area contributed by atoms with Crippen molar-refractivity contribution in [2.75, 3.05) is 19.6 Å². The molecule has 1 fully saturated rings. The third-order valence-electron chi connectivity index (χ3n) is 6.31. The van der Waals surface area contributed by atoms with Gasteiger partial charge < -0.3 is 10.1 Å². The maximum absolute atomic E-state index is 11.8. The normalized spacial score (nSPS) is 18.3. The third kappa shape index (κ3) is 3.66. The lowest BCUT2D eigenvalue weighted by molar-refractivity contribution is 0.0535. The number of esters is 1. The zero-order chi connectivity index (χ0) is 22.2. The van der Waals surface area contributed by atoms with Crippen molar-refractivity contribution in [1.29, 1.82) is 5.26 Å². The number of aromatic nitrogens is 3. The number of benzene rings is 1. The topological polar surface area (TPSA) is 96.1 Å². The average Bonchev–Trinajstić information content (AvgIpc) is 3.37. The molecule has 4 heterocycles. The van der Waals surface area contributed by atoms with E-state index in [0.29, 0.717) is 29.2 Å². The Morgan fingerprint density at radius 3 is 2.91 bits per heavy atom. The highest BCUT2D eigenvalue weighted by Gasteiger charge is 2.28. The van der Waals surface area contributed by atoms with Crippen LogP contribution in [0.3, 0.4) is 0 Å². The van der Waals surface area contributed by atoms with Gasteiger partial charge in [-0.25, -0.2) is 14.5 Å². The second kappa shape index (κ2) is 8.19. The van der Waals surface area contributed by atoms with E-state index in [4.69, 9.17) is 10.00 Å². The fourth-order valence-electron chi connectivity index (χ4n) is 4.50.